The van der Waals surface area contributed by atoms with Gasteiger partial charge >= 0.3 is 0 Å². The van der Waals surface area contributed by atoms with Gasteiger partial charge in [0.15, 0.2) is 0 Å². The van der Waals surface area contributed by atoms with Gasteiger partial charge in [-0.3, -0.25) is 0 Å². The quantitative estimate of drug-likeness (QED) is 0.866. The highest BCUT2D eigenvalue weighted by molar-refractivity contribution is 5.48. The van der Waals surface area contributed by atoms with E-state index in [1.54, 1.807) is 6.33 Å². The van der Waals surface area contributed by atoms with Crippen LogP contribution in [0.1, 0.15) is 27.2 Å². The second-order valence-corrected chi connectivity index (χ2v) is 5.95. The number of rotatable bonds is 4. The Morgan fingerprint density at radius 3 is 3.05 bits per heavy atom. The summed E-state index contributed by atoms with van der Waals surface area (Å²) in [5, 5.41) is 6.80. The fourth-order valence-electron chi connectivity index (χ4n) is 2.36. The number of anilines is 2. The summed E-state index contributed by atoms with van der Waals surface area (Å²) < 4.78 is 0. The maximum atomic E-state index is 4.43. The second-order valence-electron chi connectivity index (χ2n) is 5.95. The van der Waals surface area contributed by atoms with Crippen molar-refractivity contribution < 1.29 is 0 Å². The molecule has 0 saturated carbocycles. The van der Waals surface area contributed by atoms with E-state index in [1.165, 1.54) is 0 Å². The van der Waals surface area contributed by atoms with Gasteiger partial charge in [0, 0.05) is 38.8 Å². The van der Waals surface area contributed by atoms with Gasteiger partial charge in [0.05, 0.1) is 0 Å². The van der Waals surface area contributed by atoms with Gasteiger partial charge in [0.2, 0.25) is 0 Å². The summed E-state index contributed by atoms with van der Waals surface area (Å²) in [4.78, 5) is 11.0. The predicted molar refractivity (Wildman–Crippen MR) is 79.7 cm³/mol. The van der Waals surface area contributed by atoms with Crippen LogP contribution in [0.25, 0.3) is 0 Å². The molecule has 1 aliphatic heterocycles. The topological polar surface area (TPSA) is 53.1 Å². The second kappa shape index (κ2) is 6.19. The molecule has 0 unspecified atom stereocenters. The maximum Gasteiger partial charge on any atom is 0.134 e. The Bertz CT molecular complexity index is 405. The molecule has 1 aliphatic rings. The molecule has 0 spiro atoms. The summed E-state index contributed by atoms with van der Waals surface area (Å²) in [6.07, 6.45) is 2.75. The van der Waals surface area contributed by atoms with Crippen molar-refractivity contribution >= 4 is 11.6 Å². The highest BCUT2D eigenvalue weighted by atomic mass is 15.2. The first kappa shape index (κ1) is 14.1. The van der Waals surface area contributed by atoms with E-state index < -0.39 is 0 Å². The van der Waals surface area contributed by atoms with Crippen molar-refractivity contribution in [2.24, 2.45) is 5.41 Å². The summed E-state index contributed by atoms with van der Waals surface area (Å²) in [6, 6.07) is 2.05. The Kier molecular flexibility index (Phi) is 4.58. The molecule has 2 N–H and O–H groups in total. The van der Waals surface area contributed by atoms with E-state index >= 15 is 0 Å². The molecule has 1 aromatic rings. The van der Waals surface area contributed by atoms with Gasteiger partial charge in [0.1, 0.15) is 18.0 Å². The number of nitrogens with one attached hydrogen (secondary N) is 2. The van der Waals surface area contributed by atoms with E-state index in [-0.39, 0.29) is 5.41 Å². The SMILES string of the molecule is CCCNc1cc(N2CCNCC(C)(C)C2)ncn1. The van der Waals surface area contributed by atoms with E-state index in [9.17, 15) is 0 Å². The number of nitrogens with zero attached hydrogens (tertiary/aromatic N) is 3. The molecule has 1 fully saturated rings. The van der Waals surface area contributed by atoms with E-state index in [2.05, 4.69) is 52.3 Å². The van der Waals surface area contributed by atoms with Crippen molar-refractivity contribution in [3.63, 3.8) is 0 Å². The maximum absolute atomic E-state index is 4.43. The first-order valence-corrected chi connectivity index (χ1v) is 7.12. The Hall–Kier alpha value is -1.36. The van der Waals surface area contributed by atoms with Crippen LogP contribution in [-0.4, -0.2) is 42.7 Å². The summed E-state index contributed by atoms with van der Waals surface area (Å²) >= 11 is 0. The van der Waals surface area contributed by atoms with E-state index in [1.807, 2.05) is 0 Å². The lowest BCUT2D eigenvalue weighted by Gasteiger charge is -2.29. The standard InChI is InChI=1S/C14H25N5/c1-4-5-16-12-8-13(18-11-17-12)19-7-6-15-9-14(2,3)10-19/h8,11,15H,4-7,9-10H2,1-3H3,(H,16,17,18). The minimum absolute atomic E-state index is 0.262. The molecule has 0 bridgehead atoms. The van der Waals surface area contributed by atoms with Crippen LogP contribution in [0, 0.1) is 5.41 Å². The van der Waals surface area contributed by atoms with Gasteiger partial charge < -0.3 is 15.5 Å². The molecule has 0 amide bonds. The lowest BCUT2D eigenvalue weighted by Crippen LogP contribution is -2.35. The molecule has 19 heavy (non-hydrogen) atoms. The molecular weight excluding hydrogens is 238 g/mol. The average Bonchev–Trinajstić information content (AvgIpc) is 2.57. The van der Waals surface area contributed by atoms with Crippen molar-refractivity contribution in [2.75, 3.05) is 42.9 Å². The van der Waals surface area contributed by atoms with Gasteiger partial charge in [-0.25, -0.2) is 9.97 Å². The normalized spacial score (nSPS) is 19.0. The van der Waals surface area contributed by atoms with E-state index in [0.717, 1.165) is 50.8 Å². The van der Waals surface area contributed by atoms with Crippen LogP contribution in [0.3, 0.4) is 0 Å². The van der Waals surface area contributed by atoms with Crippen LogP contribution in [0.2, 0.25) is 0 Å². The third-order valence-corrected chi connectivity index (χ3v) is 3.31. The van der Waals surface area contributed by atoms with Gasteiger partial charge in [0.25, 0.3) is 0 Å². The van der Waals surface area contributed by atoms with Crippen LogP contribution in [0.15, 0.2) is 12.4 Å². The van der Waals surface area contributed by atoms with Crippen molar-refractivity contribution in [3.8, 4) is 0 Å². The minimum Gasteiger partial charge on any atom is -0.370 e. The zero-order chi connectivity index (χ0) is 13.7. The zero-order valence-corrected chi connectivity index (χ0v) is 12.2. The van der Waals surface area contributed by atoms with Crippen molar-refractivity contribution in [2.45, 2.75) is 27.2 Å². The molecule has 1 saturated heterocycles. The van der Waals surface area contributed by atoms with E-state index in [0.29, 0.717) is 0 Å². The van der Waals surface area contributed by atoms with Crippen LogP contribution in [0.4, 0.5) is 11.6 Å². The van der Waals surface area contributed by atoms with Crippen LogP contribution >= 0.6 is 0 Å². The third-order valence-electron chi connectivity index (χ3n) is 3.31. The number of hydrogen-bond donors (Lipinski definition) is 2. The first-order valence-electron chi connectivity index (χ1n) is 7.12. The fourth-order valence-corrected chi connectivity index (χ4v) is 2.36. The van der Waals surface area contributed by atoms with Gasteiger partial charge in [-0.2, -0.15) is 0 Å². The van der Waals surface area contributed by atoms with Crippen molar-refractivity contribution in [3.05, 3.63) is 12.4 Å². The predicted octanol–water partition coefficient (Wildman–Crippen LogP) is 1.73. The largest absolute Gasteiger partial charge is 0.370 e. The summed E-state index contributed by atoms with van der Waals surface area (Å²) in [6.45, 7) is 11.7. The average molecular weight is 263 g/mol. The summed E-state index contributed by atoms with van der Waals surface area (Å²) in [5.74, 6) is 1.94. The first-order chi connectivity index (χ1) is 9.11. The third kappa shape index (κ3) is 4.06. The van der Waals surface area contributed by atoms with Crippen LogP contribution < -0.4 is 15.5 Å². The molecule has 106 valence electrons. The van der Waals surface area contributed by atoms with Crippen LogP contribution in [-0.2, 0) is 0 Å². The molecule has 0 radical (unpaired) electrons. The van der Waals surface area contributed by atoms with Crippen LogP contribution in [0.5, 0.6) is 0 Å². The monoisotopic (exact) mass is 263 g/mol. The Morgan fingerprint density at radius 1 is 1.42 bits per heavy atom. The molecule has 1 aromatic heterocycles. The molecule has 5 nitrogen and oxygen atoms in total. The fraction of sp³-hybridized carbons (Fsp3) is 0.714. The summed E-state index contributed by atoms with van der Waals surface area (Å²) in [7, 11) is 0. The molecule has 2 rings (SSSR count). The highest BCUT2D eigenvalue weighted by Crippen LogP contribution is 2.22. The van der Waals surface area contributed by atoms with Gasteiger partial charge in [-0.05, 0) is 11.8 Å². The molecule has 0 aromatic carbocycles. The molecule has 2 heterocycles. The lowest BCUT2D eigenvalue weighted by molar-refractivity contribution is 0.370. The Labute approximate surface area is 115 Å². The molecule has 0 atom stereocenters. The molecule has 0 aliphatic carbocycles. The number of hydrogen-bond acceptors (Lipinski definition) is 5. The van der Waals surface area contributed by atoms with Crippen molar-refractivity contribution in [1.82, 2.24) is 15.3 Å². The summed E-state index contributed by atoms with van der Waals surface area (Å²) in [5.41, 5.74) is 0.262. The minimum atomic E-state index is 0.262. The Balaban J connectivity index is 2.11. The molecular formula is C14H25N5. The van der Waals surface area contributed by atoms with Gasteiger partial charge in [-0.1, -0.05) is 20.8 Å². The molecule has 5 heteroatoms. The highest BCUT2D eigenvalue weighted by Gasteiger charge is 2.25. The zero-order valence-electron chi connectivity index (χ0n) is 12.2. The Morgan fingerprint density at radius 2 is 2.26 bits per heavy atom. The van der Waals surface area contributed by atoms with Gasteiger partial charge in [-0.15, -0.1) is 0 Å². The smallest absolute Gasteiger partial charge is 0.134 e. The van der Waals surface area contributed by atoms with E-state index in [4.69, 9.17) is 0 Å². The number of aromatic nitrogens is 2. The van der Waals surface area contributed by atoms with Crippen molar-refractivity contribution in [1.29, 1.82) is 0 Å². The lowest BCUT2D eigenvalue weighted by atomic mass is 9.93.